The maximum absolute atomic E-state index is 13.9. The molecule has 2 N–H and O–H groups in total. The summed E-state index contributed by atoms with van der Waals surface area (Å²) in [5.41, 5.74) is 5.68. The van der Waals surface area contributed by atoms with Crippen molar-refractivity contribution in [3.05, 3.63) is 131 Å². The molecule has 2 fully saturated rings. The number of benzene rings is 4. The predicted octanol–water partition coefficient (Wildman–Crippen LogP) is 9.35. The minimum atomic E-state index is -5.08. The van der Waals surface area contributed by atoms with Crippen LogP contribution < -0.4 is 5.32 Å². The third kappa shape index (κ3) is 14.1. The molecule has 2 saturated heterocycles. The second kappa shape index (κ2) is 21.5. The molecule has 7 nitrogen and oxygen atoms in total. The molecule has 57 heavy (non-hydrogen) atoms. The van der Waals surface area contributed by atoms with Crippen LogP contribution >= 0.6 is 0 Å². The van der Waals surface area contributed by atoms with Gasteiger partial charge in [-0.05, 0) is 122 Å². The Hall–Kier alpha value is -5.03. The van der Waals surface area contributed by atoms with Gasteiger partial charge in [-0.2, -0.15) is 13.2 Å². The highest BCUT2D eigenvalue weighted by molar-refractivity contribution is 5.95. The van der Waals surface area contributed by atoms with Crippen molar-refractivity contribution in [2.75, 3.05) is 32.7 Å². The Bertz CT molecular complexity index is 1890. The highest BCUT2D eigenvalue weighted by Gasteiger charge is 2.38. The summed E-state index contributed by atoms with van der Waals surface area (Å²) >= 11 is 0. The smallest absolute Gasteiger partial charge is 0.475 e. The molecule has 0 unspecified atom stereocenters. The lowest BCUT2D eigenvalue weighted by molar-refractivity contribution is -0.192. The first kappa shape index (κ1) is 43.1. The Balaban J connectivity index is 0.000000811. The molecule has 11 heteroatoms. The molecule has 2 heterocycles. The fraction of sp³-hybridized carbons (Fsp3) is 0.413. The first-order valence-electron chi connectivity index (χ1n) is 20.0. The zero-order valence-electron chi connectivity index (χ0n) is 32.4. The van der Waals surface area contributed by atoms with Crippen LogP contribution in [0.25, 0.3) is 11.1 Å². The zero-order chi connectivity index (χ0) is 40.6. The van der Waals surface area contributed by atoms with E-state index in [0.29, 0.717) is 18.7 Å². The number of likely N-dealkylation sites (tertiary alicyclic amines) is 1. The van der Waals surface area contributed by atoms with Crippen molar-refractivity contribution in [1.29, 1.82) is 0 Å². The topological polar surface area (TPSA) is 90.0 Å². The molecule has 0 radical (unpaired) electrons. The van der Waals surface area contributed by atoms with Crippen LogP contribution in [-0.2, 0) is 29.0 Å². The molecule has 6 rings (SSSR count). The Kier molecular flexibility index (Phi) is 16.2. The number of hydrogen-bond acceptors (Lipinski definition) is 4. The number of carboxylic acid groups (broad SMARTS) is 1. The van der Waals surface area contributed by atoms with Gasteiger partial charge in [0.25, 0.3) is 5.91 Å². The van der Waals surface area contributed by atoms with E-state index in [-0.39, 0.29) is 24.1 Å². The van der Waals surface area contributed by atoms with E-state index in [2.05, 4.69) is 41.7 Å². The van der Waals surface area contributed by atoms with E-state index in [9.17, 15) is 27.2 Å². The average Bonchev–Trinajstić information content (AvgIpc) is 3.21. The van der Waals surface area contributed by atoms with E-state index in [1.54, 1.807) is 12.1 Å². The summed E-state index contributed by atoms with van der Waals surface area (Å²) < 4.78 is 45.6. The van der Waals surface area contributed by atoms with Crippen LogP contribution in [0.3, 0.4) is 0 Å². The molecule has 0 aromatic heterocycles. The van der Waals surface area contributed by atoms with Crippen molar-refractivity contribution in [3.63, 3.8) is 0 Å². The van der Waals surface area contributed by atoms with E-state index in [4.69, 9.17) is 9.90 Å². The van der Waals surface area contributed by atoms with Crippen molar-refractivity contribution in [2.45, 2.75) is 76.9 Å². The number of nitrogens with one attached hydrogen (secondary N) is 1. The molecule has 4 aromatic carbocycles. The molecule has 0 saturated carbocycles. The van der Waals surface area contributed by atoms with Gasteiger partial charge in [-0.25, -0.2) is 9.18 Å². The van der Waals surface area contributed by atoms with Gasteiger partial charge in [0, 0.05) is 31.7 Å². The maximum atomic E-state index is 13.9. The quantitative estimate of drug-likeness (QED) is 0.124. The highest BCUT2D eigenvalue weighted by Crippen LogP contribution is 2.28. The summed E-state index contributed by atoms with van der Waals surface area (Å²) in [6, 6.07) is 32.8. The molecule has 0 bridgehead atoms. The van der Waals surface area contributed by atoms with Crippen LogP contribution in [0, 0.1) is 17.7 Å². The van der Waals surface area contributed by atoms with Gasteiger partial charge in [-0.1, -0.05) is 92.1 Å². The number of carbonyl (C=O) groups excluding carboxylic acids is 2. The number of piperidine rings is 2. The van der Waals surface area contributed by atoms with E-state index in [1.165, 1.54) is 62.9 Å². The van der Waals surface area contributed by atoms with Gasteiger partial charge in [0.1, 0.15) is 5.82 Å². The normalized spacial score (nSPS) is 15.1. The van der Waals surface area contributed by atoms with Crippen LogP contribution in [0.15, 0.2) is 103 Å². The van der Waals surface area contributed by atoms with Crippen LogP contribution in [-0.4, -0.2) is 71.6 Å². The lowest BCUT2D eigenvalue weighted by Crippen LogP contribution is -2.38. The number of alkyl halides is 3. The monoisotopic (exact) mass is 787 g/mol. The molecular weight excluding hydrogens is 735 g/mol. The summed E-state index contributed by atoms with van der Waals surface area (Å²) in [5, 5.41) is 10.6. The van der Waals surface area contributed by atoms with Crippen molar-refractivity contribution < 1.29 is 37.1 Å². The lowest BCUT2D eigenvalue weighted by atomic mass is 9.87. The van der Waals surface area contributed by atoms with E-state index in [0.717, 1.165) is 72.9 Å². The molecule has 4 aromatic rings. The number of halogens is 4. The van der Waals surface area contributed by atoms with Gasteiger partial charge in [-0.15, -0.1) is 0 Å². The summed E-state index contributed by atoms with van der Waals surface area (Å²) in [7, 11) is 0. The Morgan fingerprint density at radius 3 is 1.98 bits per heavy atom. The summed E-state index contributed by atoms with van der Waals surface area (Å²) in [6.07, 6.45) is 5.58. The maximum Gasteiger partial charge on any atom is 0.490 e. The Morgan fingerprint density at radius 1 is 0.719 bits per heavy atom. The first-order valence-corrected chi connectivity index (χ1v) is 20.0. The molecule has 2 aliphatic heterocycles. The number of hydrogen-bond donors (Lipinski definition) is 2. The number of amides is 2. The average molecular weight is 788 g/mol. The van der Waals surface area contributed by atoms with Crippen molar-refractivity contribution in [2.24, 2.45) is 11.8 Å². The van der Waals surface area contributed by atoms with Crippen LogP contribution in [0.5, 0.6) is 0 Å². The summed E-state index contributed by atoms with van der Waals surface area (Å²) in [4.78, 5) is 40.0. The number of carboxylic acids is 1. The van der Waals surface area contributed by atoms with Gasteiger partial charge < -0.3 is 20.2 Å². The molecule has 2 amide bonds. The van der Waals surface area contributed by atoms with Gasteiger partial charge in [0.2, 0.25) is 5.91 Å². The lowest BCUT2D eigenvalue weighted by Gasteiger charge is -2.32. The number of aryl methyl sites for hydroxylation is 1. The van der Waals surface area contributed by atoms with Gasteiger partial charge in [0.15, 0.2) is 0 Å². The van der Waals surface area contributed by atoms with Crippen LogP contribution in [0.1, 0.15) is 78.4 Å². The SMILES string of the molecule is O=C(Cc1cccc(F)c1)N(CCCc1ccccc1)Cc1cccc(-c2cccc(C(=O)N3CCC(CCCC4CCNCC4)CC3)c2)c1.O=C(O)C(F)(F)F. The van der Waals surface area contributed by atoms with E-state index in [1.807, 2.05) is 52.3 Å². The van der Waals surface area contributed by atoms with Gasteiger partial charge in [0.05, 0.1) is 6.42 Å². The van der Waals surface area contributed by atoms with Crippen LogP contribution in [0.4, 0.5) is 17.6 Å². The molecule has 2 aliphatic rings. The molecule has 0 aliphatic carbocycles. The number of rotatable bonds is 14. The second-order valence-corrected chi connectivity index (χ2v) is 15.2. The largest absolute Gasteiger partial charge is 0.490 e. The van der Waals surface area contributed by atoms with Gasteiger partial charge >= 0.3 is 12.1 Å². The third-order valence-electron chi connectivity index (χ3n) is 10.9. The van der Waals surface area contributed by atoms with E-state index >= 15 is 0 Å². The minimum Gasteiger partial charge on any atom is -0.475 e. The molecule has 304 valence electrons. The fourth-order valence-corrected chi connectivity index (χ4v) is 7.72. The number of carbonyl (C=O) groups is 3. The predicted molar refractivity (Wildman–Crippen MR) is 214 cm³/mol. The summed E-state index contributed by atoms with van der Waals surface area (Å²) in [5.74, 6) is -1.37. The van der Waals surface area contributed by atoms with Crippen LogP contribution in [0.2, 0.25) is 0 Å². The van der Waals surface area contributed by atoms with E-state index < -0.39 is 12.1 Å². The molecule has 0 spiro atoms. The highest BCUT2D eigenvalue weighted by atomic mass is 19.4. The first-order chi connectivity index (χ1) is 27.4. The number of aliphatic carboxylic acids is 1. The number of nitrogens with zero attached hydrogens (tertiary/aromatic N) is 2. The van der Waals surface area contributed by atoms with Gasteiger partial charge in [-0.3, -0.25) is 9.59 Å². The molecular formula is C46H53F4N3O4. The third-order valence-corrected chi connectivity index (χ3v) is 10.9. The van der Waals surface area contributed by atoms with Crippen molar-refractivity contribution in [1.82, 2.24) is 15.1 Å². The molecule has 0 atom stereocenters. The fourth-order valence-electron chi connectivity index (χ4n) is 7.72. The zero-order valence-corrected chi connectivity index (χ0v) is 32.4. The van der Waals surface area contributed by atoms with Crippen molar-refractivity contribution >= 4 is 17.8 Å². The van der Waals surface area contributed by atoms with Crippen molar-refractivity contribution in [3.8, 4) is 11.1 Å². The Labute approximate surface area is 333 Å². The summed E-state index contributed by atoms with van der Waals surface area (Å²) in [6.45, 7) is 5.08. The second-order valence-electron chi connectivity index (χ2n) is 15.2. The minimum absolute atomic E-state index is 0.0211. The Morgan fingerprint density at radius 2 is 1.32 bits per heavy atom. The standard InChI is InChI=1S/C44H52FN3O2.C2HF3O2/c45-42-19-6-13-37(30-42)31-43(49)48(26-8-15-34-9-2-1-3-10-34)33-38-14-5-16-39(29-38)40-17-7-18-41(32-40)44(50)47-27-22-36(23-28-47)12-4-11-35-20-24-46-25-21-35;3-2(4,5)1(6)7/h1-3,5-7,9-10,13-14,16-19,29-30,32,35-36,46H,4,8,11-12,15,20-28,31,33H2;(H,6,7).